The summed E-state index contributed by atoms with van der Waals surface area (Å²) in [6.07, 6.45) is 0.158. The molecule has 0 heterocycles. The van der Waals surface area contributed by atoms with Gasteiger partial charge in [0, 0.05) is 0 Å². The third-order valence-corrected chi connectivity index (χ3v) is 0.694. The number of nitrogens with one attached hydrogen (secondary N) is 1. The van der Waals surface area contributed by atoms with Crippen molar-refractivity contribution in [2.24, 2.45) is 5.16 Å². The number of imide groups is 1. The van der Waals surface area contributed by atoms with Crippen molar-refractivity contribution in [3.63, 3.8) is 0 Å². The van der Waals surface area contributed by atoms with Gasteiger partial charge >= 0.3 is 0 Å². The van der Waals surface area contributed by atoms with Crippen LogP contribution in [0.4, 0.5) is 0 Å². The van der Waals surface area contributed by atoms with Gasteiger partial charge in [-0.1, -0.05) is 5.16 Å². The molecule has 0 atom stereocenters. The number of hydrogen-bond acceptors (Lipinski definition) is 5. The highest BCUT2D eigenvalue weighted by Gasteiger charge is 2.09. The molecule has 0 aromatic heterocycles. The first kappa shape index (κ1) is 9.10. The Morgan fingerprint density at radius 1 is 1.82 bits per heavy atom. The van der Waals surface area contributed by atoms with E-state index in [1.54, 1.807) is 5.32 Å². The fourth-order valence-corrected chi connectivity index (χ4v) is 0.326. The maximum atomic E-state index is 10.6. The van der Waals surface area contributed by atoms with Crippen LogP contribution >= 0.6 is 0 Å². The monoisotopic (exact) mass is 155 g/mol. The van der Waals surface area contributed by atoms with Crippen molar-refractivity contribution >= 4 is 18.0 Å². The Morgan fingerprint density at radius 3 is 2.82 bits per heavy atom. The molecule has 11 heavy (non-hydrogen) atoms. The lowest BCUT2D eigenvalue weighted by molar-refractivity contribution is -0.120. The van der Waals surface area contributed by atoms with Crippen molar-refractivity contribution in [2.75, 3.05) is 7.11 Å². The second kappa shape index (κ2) is 4.93. The first-order valence-corrected chi connectivity index (χ1v) is 2.52. The molecular weight excluding hydrogens is 150 g/mol. The summed E-state index contributed by atoms with van der Waals surface area (Å²) in [4.78, 5) is 24.4. The lowest BCUT2D eigenvalue weighted by Gasteiger charge is -1.91. The molecule has 0 saturated carbocycles. The van der Waals surface area contributed by atoms with Gasteiger partial charge < -0.3 is 4.84 Å². The van der Waals surface area contributed by atoms with Gasteiger partial charge in [-0.05, 0) is 0 Å². The number of carbonyl (C=O) groups excluding carboxylic acids is 2. The number of carbonyl (C=O) groups is 2. The van der Waals surface area contributed by atoms with Crippen molar-refractivity contribution in [1.82, 2.24) is 5.32 Å². The quantitative estimate of drug-likeness (QED) is 0.314. The topological polar surface area (TPSA) is 91.5 Å². The van der Waals surface area contributed by atoms with Gasteiger partial charge in [-0.25, -0.2) is 0 Å². The van der Waals surface area contributed by atoms with Crippen LogP contribution in [0.1, 0.15) is 0 Å². The maximum absolute atomic E-state index is 10.6. The standard InChI is InChI=1S/C5H5N3O3/c1-11-8-4(2-6)5(10)7-3-9/h3H,1H3,(H,7,9,10). The molecule has 0 bridgehead atoms. The van der Waals surface area contributed by atoms with E-state index in [4.69, 9.17) is 5.26 Å². The second-order valence-electron chi connectivity index (χ2n) is 1.33. The van der Waals surface area contributed by atoms with E-state index >= 15 is 0 Å². The molecule has 6 nitrogen and oxygen atoms in total. The highest BCUT2D eigenvalue weighted by molar-refractivity contribution is 6.46. The van der Waals surface area contributed by atoms with Crippen LogP contribution in [0.2, 0.25) is 0 Å². The molecule has 6 heteroatoms. The fraction of sp³-hybridized carbons (Fsp3) is 0.200. The van der Waals surface area contributed by atoms with Gasteiger partial charge in [0.25, 0.3) is 5.91 Å². The summed E-state index contributed by atoms with van der Waals surface area (Å²) in [5.74, 6) is -0.885. The largest absolute Gasteiger partial charge is 0.398 e. The van der Waals surface area contributed by atoms with Crippen LogP contribution in [0.25, 0.3) is 0 Å². The highest BCUT2D eigenvalue weighted by Crippen LogP contribution is 1.77. The zero-order chi connectivity index (χ0) is 8.69. The number of nitrogens with zero attached hydrogens (tertiary/aromatic N) is 2. The third kappa shape index (κ3) is 2.95. The smallest absolute Gasteiger partial charge is 0.290 e. The number of amides is 2. The summed E-state index contributed by atoms with van der Waals surface area (Å²) in [7, 11) is 1.19. The van der Waals surface area contributed by atoms with E-state index in [1.807, 2.05) is 0 Å². The predicted molar refractivity (Wildman–Crippen MR) is 34.3 cm³/mol. The van der Waals surface area contributed by atoms with Crippen LogP contribution in [0, 0.1) is 11.3 Å². The van der Waals surface area contributed by atoms with Crippen molar-refractivity contribution < 1.29 is 14.4 Å². The molecule has 1 N–H and O–H groups in total. The highest BCUT2D eigenvalue weighted by atomic mass is 16.6. The Bertz CT molecular complexity index is 228. The van der Waals surface area contributed by atoms with Gasteiger partial charge in [0.15, 0.2) is 0 Å². The van der Waals surface area contributed by atoms with E-state index in [2.05, 4.69) is 9.99 Å². The summed E-state index contributed by atoms with van der Waals surface area (Å²) in [6.45, 7) is 0. The van der Waals surface area contributed by atoms with E-state index in [9.17, 15) is 9.59 Å². The molecule has 0 aliphatic heterocycles. The summed E-state index contributed by atoms with van der Waals surface area (Å²) in [5.41, 5.74) is -0.500. The minimum absolute atomic E-state index is 0.158. The Balaban J connectivity index is 4.29. The van der Waals surface area contributed by atoms with Crippen molar-refractivity contribution in [2.45, 2.75) is 0 Å². The number of rotatable bonds is 3. The third-order valence-electron chi connectivity index (χ3n) is 0.694. The molecule has 0 aliphatic rings. The molecular formula is C5H5N3O3. The van der Waals surface area contributed by atoms with Gasteiger partial charge in [-0.3, -0.25) is 14.9 Å². The lowest BCUT2D eigenvalue weighted by Crippen LogP contribution is -2.28. The van der Waals surface area contributed by atoms with Crippen LogP contribution in [-0.4, -0.2) is 25.1 Å². The molecule has 0 unspecified atom stereocenters. The number of nitriles is 1. The molecule has 0 aromatic rings. The Kier molecular flexibility index (Phi) is 4.08. The molecule has 0 aliphatic carbocycles. The van der Waals surface area contributed by atoms with Gasteiger partial charge in [0.1, 0.15) is 13.2 Å². The molecule has 0 spiro atoms. The zero-order valence-corrected chi connectivity index (χ0v) is 5.70. The van der Waals surface area contributed by atoms with Crippen LogP contribution in [-0.2, 0) is 14.4 Å². The summed E-state index contributed by atoms with van der Waals surface area (Å²) < 4.78 is 0. The maximum Gasteiger partial charge on any atom is 0.290 e. The number of oxime groups is 1. The molecule has 58 valence electrons. The Morgan fingerprint density at radius 2 is 2.45 bits per heavy atom. The fourth-order valence-electron chi connectivity index (χ4n) is 0.326. The minimum atomic E-state index is -0.885. The SMILES string of the molecule is CON=C(C#N)C(=O)NC=O. The molecule has 0 radical (unpaired) electrons. The molecule has 0 rings (SSSR count). The summed E-state index contributed by atoms with van der Waals surface area (Å²) in [6, 6.07) is 1.44. The Labute approximate surface area is 62.4 Å². The molecule has 0 fully saturated rings. The molecule has 0 aromatic carbocycles. The number of hydrogen-bond donors (Lipinski definition) is 1. The molecule has 2 amide bonds. The van der Waals surface area contributed by atoms with Crippen molar-refractivity contribution in [3.8, 4) is 6.07 Å². The first-order chi connectivity index (χ1) is 5.26. The van der Waals surface area contributed by atoms with Crippen LogP contribution in [0.3, 0.4) is 0 Å². The minimum Gasteiger partial charge on any atom is -0.398 e. The zero-order valence-electron chi connectivity index (χ0n) is 5.70. The van der Waals surface area contributed by atoms with Crippen LogP contribution in [0.15, 0.2) is 5.16 Å². The van der Waals surface area contributed by atoms with Gasteiger partial charge in [-0.2, -0.15) is 5.26 Å². The van der Waals surface area contributed by atoms with Crippen LogP contribution in [0.5, 0.6) is 0 Å². The first-order valence-electron chi connectivity index (χ1n) is 2.52. The van der Waals surface area contributed by atoms with Crippen molar-refractivity contribution in [3.05, 3.63) is 0 Å². The summed E-state index contributed by atoms with van der Waals surface area (Å²) >= 11 is 0. The average molecular weight is 155 g/mol. The van der Waals surface area contributed by atoms with Crippen molar-refractivity contribution in [1.29, 1.82) is 5.26 Å². The normalized spacial score (nSPS) is 9.64. The summed E-state index contributed by atoms with van der Waals surface area (Å²) in [5, 5.41) is 13.0. The van der Waals surface area contributed by atoms with E-state index in [-0.39, 0.29) is 6.41 Å². The predicted octanol–water partition coefficient (Wildman–Crippen LogP) is -1.22. The van der Waals surface area contributed by atoms with Gasteiger partial charge in [-0.15, -0.1) is 0 Å². The Hall–Kier alpha value is -1.90. The van der Waals surface area contributed by atoms with E-state index < -0.39 is 11.6 Å². The average Bonchev–Trinajstić information content (AvgIpc) is 2.00. The van der Waals surface area contributed by atoms with E-state index in [1.165, 1.54) is 13.2 Å². The van der Waals surface area contributed by atoms with E-state index in [0.717, 1.165) is 0 Å². The van der Waals surface area contributed by atoms with Gasteiger partial charge in [0.05, 0.1) is 0 Å². The van der Waals surface area contributed by atoms with Crippen LogP contribution < -0.4 is 5.32 Å². The van der Waals surface area contributed by atoms with E-state index in [0.29, 0.717) is 0 Å². The van der Waals surface area contributed by atoms with Gasteiger partial charge in [0.2, 0.25) is 12.1 Å². The second-order valence-corrected chi connectivity index (χ2v) is 1.33. The molecule has 0 saturated heterocycles. The lowest BCUT2D eigenvalue weighted by atomic mass is 10.4.